The van der Waals surface area contributed by atoms with Crippen molar-refractivity contribution in [2.45, 2.75) is 24.7 Å². The Kier molecular flexibility index (Phi) is 6.48. The van der Waals surface area contributed by atoms with E-state index in [0.717, 1.165) is 25.0 Å². The van der Waals surface area contributed by atoms with E-state index in [2.05, 4.69) is 0 Å². The summed E-state index contributed by atoms with van der Waals surface area (Å²) >= 11 is 0. The molecular weight excluding hydrogens is 360 g/mol. The lowest BCUT2D eigenvalue weighted by atomic mass is 10.1. The van der Waals surface area contributed by atoms with Gasteiger partial charge in [-0.2, -0.15) is 8.42 Å². The van der Waals surface area contributed by atoms with Crippen LogP contribution in [-0.4, -0.2) is 31.5 Å². The van der Waals surface area contributed by atoms with Crippen molar-refractivity contribution in [2.24, 2.45) is 0 Å². The topological polar surface area (TPSA) is 107 Å². The fourth-order valence-electron chi connectivity index (χ4n) is 1.98. The van der Waals surface area contributed by atoms with Crippen molar-refractivity contribution in [3.63, 3.8) is 0 Å². The average Bonchev–Trinajstić information content (AvgIpc) is 2.61. The highest BCUT2D eigenvalue weighted by molar-refractivity contribution is 7.85. The SMILES string of the molecule is CCCCOC(=O)c1ccc(C(=O)Oc2ccc(S(=O)(=O)O)cc2)cc1. The largest absolute Gasteiger partial charge is 0.462 e. The maximum Gasteiger partial charge on any atom is 0.343 e. The van der Waals surface area contributed by atoms with Gasteiger partial charge in [-0.05, 0) is 55.0 Å². The fourth-order valence-corrected chi connectivity index (χ4v) is 2.46. The smallest absolute Gasteiger partial charge is 0.343 e. The third-order valence-electron chi connectivity index (χ3n) is 3.42. The van der Waals surface area contributed by atoms with E-state index in [1.807, 2.05) is 6.92 Å². The maximum absolute atomic E-state index is 12.1. The van der Waals surface area contributed by atoms with Crippen LogP contribution in [0.3, 0.4) is 0 Å². The number of rotatable bonds is 7. The Morgan fingerprint density at radius 3 is 1.96 bits per heavy atom. The summed E-state index contributed by atoms with van der Waals surface area (Å²) in [4.78, 5) is 23.6. The predicted molar refractivity (Wildman–Crippen MR) is 92.8 cm³/mol. The van der Waals surface area contributed by atoms with Crippen LogP contribution >= 0.6 is 0 Å². The van der Waals surface area contributed by atoms with Gasteiger partial charge in [-0.1, -0.05) is 13.3 Å². The van der Waals surface area contributed by atoms with Gasteiger partial charge in [-0.3, -0.25) is 4.55 Å². The third-order valence-corrected chi connectivity index (χ3v) is 4.29. The summed E-state index contributed by atoms with van der Waals surface area (Å²) in [5, 5.41) is 0. The summed E-state index contributed by atoms with van der Waals surface area (Å²) in [6.07, 6.45) is 1.70. The number of hydrogen-bond donors (Lipinski definition) is 1. The monoisotopic (exact) mass is 378 g/mol. The zero-order valence-corrected chi connectivity index (χ0v) is 14.9. The lowest BCUT2D eigenvalue weighted by Crippen LogP contribution is -2.10. The van der Waals surface area contributed by atoms with Gasteiger partial charge in [0, 0.05) is 0 Å². The molecule has 0 aliphatic carbocycles. The van der Waals surface area contributed by atoms with Gasteiger partial charge in [0.15, 0.2) is 0 Å². The van der Waals surface area contributed by atoms with Crippen LogP contribution in [-0.2, 0) is 14.9 Å². The van der Waals surface area contributed by atoms with Gasteiger partial charge in [-0.15, -0.1) is 0 Å². The first-order valence-electron chi connectivity index (χ1n) is 7.88. The molecule has 0 bridgehead atoms. The lowest BCUT2D eigenvalue weighted by molar-refractivity contribution is 0.0499. The van der Waals surface area contributed by atoms with Gasteiger partial charge < -0.3 is 9.47 Å². The fraction of sp³-hybridized carbons (Fsp3) is 0.222. The van der Waals surface area contributed by atoms with E-state index < -0.39 is 22.1 Å². The zero-order chi connectivity index (χ0) is 19.2. The molecule has 0 fully saturated rings. The molecule has 1 N–H and O–H groups in total. The Labute approximate surface area is 151 Å². The number of carbonyl (C=O) groups excluding carboxylic acids is 2. The van der Waals surface area contributed by atoms with E-state index in [4.69, 9.17) is 14.0 Å². The summed E-state index contributed by atoms with van der Waals surface area (Å²) in [6.45, 7) is 2.34. The van der Waals surface area contributed by atoms with Crippen LogP contribution in [0.4, 0.5) is 0 Å². The first kappa shape index (κ1) is 19.6. The second-order valence-corrected chi connectivity index (χ2v) is 6.82. The highest BCUT2D eigenvalue weighted by Gasteiger charge is 2.13. The summed E-state index contributed by atoms with van der Waals surface area (Å²) in [6, 6.07) is 10.5. The van der Waals surface area contributed by atoms with Crippen LogP contribution in [0.25, 0.3) is 0 Å². The molecule has 0 atom stereocenters. The van der Waals surface area contributed by atoms with Gasteiger partial charge in [-0.25, -0.2) is 9.59 Å². The van der Waals surface area contributed by atoms with Crippen molar-refractivity contribution in [3.05, 3.63) is 59.7 Å². The van der Waals surface area contributed by atoms with E-state index in [9.17, 15) is 18.0 Å². The van der Waals surface area contributed by atoms with Crippen LogP contribution in [0, 0.1) is 0 Å². The molecule has 138 valence electrons. The first-order chi connectivity index (χ1) is 12.3. The van der Waals surface area contributed by atoms with E-state index in [1.54, 1.807) is 0 Å². The molecule has 0 spiro atoms. The van der Waals surface area contributed by atoms with Crippen molar-refractivity contribution < 1.29 is 32.0 Å². The van der Waals surface area contributed by atoms with Crippen molar-refractivity contribution in [3.8, 4) is 5.75 Å². The molecule has 8 heteroatoms. The minimum absolute atomic E-state index is 0.116. The van der Waals surface area contributed by atoms with E-state index in [-0.39, 0.29) is 16.2 Å². The van der Waals surface area contributed by atoms with Crippen LogP contribution in [0.1, 0.15) is 40.5 Å². The molecule has 0 aliphatic heterocycles. The molecule has 0 unspecified atom stereocenters. The molecule has 2 rings (SSSR count). The second-order valence-electron chi connectivity index (χ2n) is 5.40. The molecule has 0 saturated carbocycles. The van der Waals surface area contributed by atoms with Crippen molar-refractivity contribution in [1.82, 2.24) is 0 Å². The minimum Gasteiger partial charge on any atom is -0.462 e. The summed E-state index contributed by atoms with van der Waals surface area (Å²) in [5.74, 6) is -1.01. The van der Waals surface area contributed by atoms with Crippen molar-refractivity contribution in [2.75, 3.05) is 6.61 Å². The molecule has 7 nitrogen and oxygen atoms in total. The molecule has 2 aromatic rings. The Hall–Kier alpha value is -2.71. The number of carbonyl (C=O) groups is 2. The van der Waals surface area contributed by atoms with Crippen molar-refractivity contribution in [1.29, 1.82) is 0 Å². The Bertz CT molecular complexity index is 869. The number of hydrogen-bond acceptors (Lipinski definition) is 6. The summed E-state index contributed by atoms with van der Waals surface area (Å²) < 4.78 is 41.0. The minimum atomic E-state index is -4.31. The van der Waals surface area contributed by atoms with Crippen LogP contribution < -0.4 is 4.74 Å². The standard InChI is InChI=1S/C18H18O7S/c1-2-3-12-24-17(19)13-4-6-14(7-5-13)18(20)25-15-8-10-16(11-9-15)26(21,22)23/h4-11H,2-3,12H2,1H3,(H,21,22,23). The molecule has 0 aliphatic rings. The van der Waals surface area contributed by atoms with Crippen LogP contribution in [0.5, 0.6) is 5.75 Å². The molecule has 26 heavy (non-hydrogen) atoms. The highest BCUT2D eigenvalue weighted by Crippen LogP contribution is 2.17. The summed E-state index contributed by atoms with van der Waals surface area (Å²) in [7, 11) is -4.31. The molecule has 0 radical (unpaired) electrons. The Morgan fingerprint density at radius 1 is 0.923 bits per heavy atom. The van der Waals surface area contributed by atoms with Gasteiger partial charge in [0.2, 0.25) is 0 Å². The lowest BCUT2D eigenvalue weighted by Gasteiger charge is -2.06. The maximum atomic E-state index is 12.1. The highest BCUT2D eigenvalue weighted by atomic mass is 32.2. The van der Waals surface area contributed by atoms with Crippen LogP contribution in [0.2, 0.25) is 0 Å². The first-order valence-corrected chi connectivity index (χ1v) is 9.32. The Balaban J connectivity index is 2.00. The molecule has 0 saturated heterocycles. The predicted octanol–water partition coefficient (Wildman–Crippen LogP) is 3.11. The molecule has 2 aromatic carbocycles. The van der Waals surface area contributed by atoms with Gasteiger partial charge in [0.1, 0.15) is 5.75 Å². The molecule has 0 heterocycles. The van der Waals surface area contributed by atoms with Crippen LogP contribution in [0.15, 0.2) is 53.4 Å². The van der Waals surface area contributed by atoms with Gasteiger partial charge in [0.05, 0.1) is 22.6 Å². The average molecular weight is 378 g/mol. The normalized spacial score (nSPS) is 11.0. The summed E-state index contributed by atoms with van der Waals surface area (Å²) in [5.41, 5.74) is 0.545. The van der Waals surface area contributed by atoms with Crippen molar-refractivity contribution >= 4 is 22.1 Å². The number of benzene rings is 2. The molecule has 0 aromatic heterocycles. The number of unbranched alkanes of at least 4 members (excludes halogenated alkanes) is 1. The quantitative estimate of drug-likeness (QED) is 0.341. The molecular formula is C18H18O7S. The van der Waals surface area contributed by atoms with E-state index >= 15 is 0 Å². The van der Waals surface area contributed by atoms with Gasteiger partial charge in [0.25, 0.3) is 10.1 Å². The van der Waals surface area contributed by atoms with Gasteiger partial charge >= 0.3 is 11.9 Å². The number of esters is 2. The Morgan fingerprint density at radius 2 is 1.46 bits per heavy atom. The third kappa shape index (κ3) is 5.40. The second kappa shape index (κ2) is 8.59. The number of ether oxygens (including phenoxy) is 2. The van der Waals surface area contributed by atoms with E-state index in [0.29, 0.717) is 12.2 Å². The molecule has 0 amide bonds. The van der Waals surface area contributed by atoms with E-state index in [1.165, 1.54) is 36.4 Å². The zero-order valence-electron chi connectivity index (χ0n) is 14.0.